The van der Waals surface area contributed by atoms with Crippen LogP contribution in [0.25, 0.3) is 0 Å². The van der Waals surface area contributed by atoms with Gasteiger partial charge in [0.25, 0.3) is 0 Å². The van der Waals surface area contributed by atoms with Gasteiger partial charge in [0.15, 0.2) is 5.78 Å². The maximum atomic E-state index is 13.9. The lowest BCUT2D eigenvalue weighted by atomic mass is 9.33. The number of amides is 2. The highest BCUT2D eigenvalue weighted by molar-refractivity contribution is 6.02. The molecule has 1 heterocycles. The molecule has 0 radical (unpaired) electrons. The first-order chi connectivity index (χ1) is 23.7. The number of aliphatic carboxylic acids is 1. The van der Waals surface area contributed by atoms with Gasteiger partial charge in [-0.3, -0.25) is 14.4 Å². The third-order valence-corrected chi connectivity index (χ3v) is 15.2. The third kappa shape index (κ3) is 5.91. The van der Waals surface area contributed by atoms with Crippen molar-refractivity contribution in [1.82, 2.24) is 20.6 Å². The summed E-state index contributed by atoms with van der Waals surface area (Å²) in [7, 11) is 0. The molecule has 0 spiro atoms. The first-order valence-corrected chi connectivity index (χ1v) is 19.2. The van der Waals surface area contributed by atoms with Crippen LogP contribution >= 0.6 is 0 Å². The number of Topliss-reactive ketones (excluding diaryl/α,β-unsaturated/α-hetero) is 1. The van der Waals surface area contributed by atoms with Crippen LogP contribution in [0.3, 0.4) is 0 Å². The van der Waals surface area contributed by atoms with Crippen LogP contribution in [0.15, 0.2) is 29.6 Å². The van der Waals surface area contributed by atoms with Gasteiger partial charge in [0, 0.05) is 24.2 Å². The Kier molecular flexibility index (Phi) is 9.31. The molecular weight excluding hydrogens is 644 g/mol. The Labute approximate surface area is 303 Å². The monoisotopic (exact) mass is 704 g/mol. The van der Waals surface area contributed by atoms with Crippen LogP contribution < -0.4 is 10.6 Å². The lowest BCUT2D eigenvalue weighted by molar-refractivity contribution is -0.232. The summed E-state index contributed by atoms with van der Waals surface area (Å²) in [4.78, 5) is 60.7. The second kappa shape index (κ2) is 12.7. The number of carboxylic acid groups (broad SMARTS) is 1. The molecule has 0 bridgehead atoms. The van der Waals surface area contributed by atoms with Crippen molar-refractivity contribution in [1.29, 1.82) is 0 Å². The molecule has 5 aliphatic rings. The van der Waals surface area contributed by atoms with E-state index in [1.54, 1.807) is 32.3 Å². The zero-order valence-corrected chi connectivity index (χ0v) is 32.3. The van der Waals surface area contributed by atoms with Crippen molar-refractivity contribution in [3.8, 4) is 0 Å². The molecule has 1 aromatic heterocycles. The van der Waals surface area contributed by atoms with E-state index in [9.17, 15) is 24.3 Å². The molecule has 1 aromatic rings. The molecule has 3 N–H and O–H groups in total. The zero-order valence-electron chi connectivity index (χ0n) is 32.3. The van der Waals surface area contributed by atoms with Crippen LogP contribution in [0, 0.1) is 50.7 Å². The predicted octanol–water partition coefficient (Wildman–Crippen LogP) is 7.42. The predicted molar refractivity (Wildman–Crippen MR) is 193 cm³/mol. The van der Waals surface area contributed by atoms with Gasteiger partial charge >= 0.3 is 18.0 Å². The second-order valence-corrected chi connectivity index (χ2v) is 19.0. The molecule has 6 rings (SSSR count). The number of carbonyl (C=O) groups excluding carboxylic acids is 3. The third-order valence-electron chi connectivity index (χ3n) is 15.2. The van der Waals surface area contributed by atoms with Crippen molar-refractivity contribution in [3.05, 3.63) is 35.4 Å². The van der Waals surface area contributed by atoms with Gasteiger partial charge in [-0.05, 0) is 122 Å². The highest BCUT2D eigenvalue weighted by Crippen LogP contribution is 2.76. The SMILES string of the molecule is CC(C)C1=C2C3CCC4[C@@]5(C)CC[C@H](OC(=O)CC(C)(C)C(=O)O)C(C)(C)C5CC[C@@]4(C)[C@]3(C)CC[C@@]2(NC(=O)NCc2ncccn2)CC1=O. The molecule has 51 heavy (non-hydrogen) atoms. The molecule has 5 aliphatic carbocycles. The number of ether oxygens (including phenoxy) is 1. The number of nitrogens with zero attached hydrogens (tertiary/aromatic N) is 2. The van der Waals surface area contributed by atoms with Gasteiger partial charge in [-0.2, -0.15) is 0 Å². The smallest absolute Gasteiger partial charge is 0.315 e. The van der Waals surface area contributed by atoms with Gasteiger partial charge in [-0.15, -0.1) is 0 Å². The Morgan fingerprint density at radius 3 is 2.27 bits per heavy atom. The summed E-state index contributed by atoms with van der Waals surface area (Å²) in [5.41, 5.74) is -0.000464. The summed E-state index contributed by atoms with van der Waals surface area (Å²) >= 11 is 0. The molecule has 8 atom stereocenters. The average Bonchev–Trinajstić information content (AvgIpc) is 3.33. The van der Waals surface area contributed by atoms with Gasteiger partial charge in [-0.1, -0.05) is 48.5 Å². The highest BCUT2D eigenvalue weighted by Gasteiger charge is 2.70. The van der Waals surface area contributed by atoms with Crippen molar-refractivity contribution in [2.45, 2.75) is 145 Å². The Balaban J connectivity index is 1.26. The van der Waals surface area contributed by atoms with Crippen molar-refractivity contribution in [2.75, 3.05) is 0 Å². The number of hydrogen-bond acceptors (Lipinski definition) is 7. The van der Waals surface area contributed by atoms with E-state index >= 15 is 0 Å². The minimum atomic E-state index is -1.17. The van der Waals surface area contributed by atoms with Crippen LogP contribution in [0.5, 0.6) is 0 Å². The number of urea groups is 1. The molecule has 2 amide bonds. The molecule has 4 saturated carbocycles. The molecular formula is C41H60N4O6. The largest absolute Gasteiger partial charge is 0.481 e. The number of carboxylic acids is 1. The number of carbonyl (C=O) groups is 4. The van der Waals surface area contributed by atoms with Crippen molar-refractivity contribution >= 4 is 23.8 Å². The first-order valence-electron chi connectivity index (χ1n) is 19.2. The van der Waals surface area contributed by atoms with Crippen LogP contribution in [-0.4, -0.2) is 50.5 Å². The zero-order chi connectivity index (χ0) is 37.4. The molecule has 0 saturated heterocycles. The lowest BCUT2D eigenvalue weighted by Crippen LogP contribution is -2.67. The van der Waals surface area contributed by atoms with Crippen molar-refractivity contribution in [3.63, 3.8) is 0 Å². The second-order valence-electron chi connectivity index (χ2n) is 19.0. The number of aromatic nitrogens is 2. The molecule has 0 aromatic carbocycles. The summed E-state index contributed by atoms with van der Waals surface area (Å²) in [5.74, 6) is 0.343. The Hall–Kier alpha value is -3.30. The van der Waals surface area contributed by atoms with E-state index < -0.39 is 22.9 Å². The number of ketones is 1. The maximum Gasteiger partial charge on any atom is 0.315 e. The number of rotatable bonds is 8. The summed E-state index contributed by atoms with van der Waals surface area (Å²) in [6, 6.07) is 1.45. The Bertz CT molecular complexity index is 1620. The molecule has 0 aliphatic heterocycles. The number of esters is 1. The van der Waals surface area contributed by atoms with Gasteiger partial charge in [0.05, 0.1) is 23.9 Å². The fourth-order valence-electron chi connectivity index (χ4n) is 12.4. The van der Waals surface area contributed by atoms with Crippen molar-refractivity contribution in [2.24, 2.45) is 50.7 Å². The normalized spacial score (nSPS) is 37.1. The number of nitrogens with one attached hydrogen (secondary N) is 2. The van der Waals surface area contributed by atoms with Crippen LogP contribution in [0.2, 0.25) is 0 Å². The van der Waals surface area contributed by atoms with E-state index in [0.29, 0.717) is 24.1 Å². The number of hydrogen-bond donors (Lipinski definition) is 3. The van der Waals surface area contributed by atoms with E-state index in [4.69, 9.17) is 4.74 Å². The first kappa shape index (κ1) is 37.5. The van der Waals surface area contributed by atoms with Crippen LogP contribution in [-0.2, 0) is 25.7 Å². The fourth-order valence-corrected chi connectivity index (χ4v) is 12.4. The average molecular weight is 705 g/mol. The van der Waals surface area contributed by atoms with Crippen molar-refractivity contribution < 1.29 is 29.0 Å². The number of allylic oxidation sites excluding steroid dienone is 1. The molecule has 280 valence electrons. The molecule has 4 fully saturated rings. The van der Waals surface area contributed by atoms with Gasteiger partial charge in [0.2, 0.25) is 0 Å². The van der Waals surface area contributed by atoms with Gasteiger partial charge in [0.1, 0.15) is 11.9 Å². The quantitative estimate of drug-likeness (QED) is 0.237. The molecule has 3 unspecified atom stereocenters. The molecule has 10 nitrogen and oxygen atoms in total. The summed E-state index contributed by atoms with van der Waals surface area (Å²) in [6.07, 6.45) is 10.7. The van der Waals surface area contributed by atoms with E-state index in [-0.39, 0.29) is 64.4 Å². The molecule has 10 heteroatoms. The lowest BCUT2D eigenvalue weighted by Gasteiger charge is -2.72. The fraction of sp³-hybridized carbons (Fsp3) is 0.756. The number of fused-ring (bicyclic) bond motifs is 7. The minimum Gasteiger partial charge on any atom is -0.481 e. The summed E-state index contributed by atoms with van der Waals surface area (Å²) < 4.78 is 6.14. The van der Waals surface area contributed by atoms with E-state index in [2.05, 4.69) is 69.1 Å². The van der Waals surface area contributed by atoms with E-state index in [0.717, 1.165) is 56.9 Å². The minimum absolute atomic E-state index is 0.0199. The standard InChI is InChI=1S/C41H60N4O6/c1-24(2)32-26(46)21-41(45-35(50)44-23-30-42-19-10-20-43-30)18-17-39(8)25(33(32)41)11-12-28-38(7)15-14-29(51-31(47)22-36(3,4)34(48)49)37(5,6)27(38)13-16-40(28,39)9/h10,19-20,24-25,27-29H,11-18,21-23H2,1-9H3,(H,48,49)(H2,44,45,50)/t25?,27?,28?,29-,38-,39+,40+,41+/m0/s1. The maximum absolute atomic E-state index is 13.9. The highest BCUT2D eigenvalue weighted by atomic mass is 16.5. The van der Waals surface area contributed by atoms with E-state index in [1.807, 2.05) is 0 Å². The van der Waals surface area contributed by atoms with Gasteiger partial charge in [-0.25, -0.2) is 14.8 Å². The van der Waals surface area contributed by atoms with Crippen LogP contribution in [0.1, 0.15) is 132 Å². The Morgan fingerprint density at radius 1 is 0.941 bits per heavy atom. The summed E-state index contributed by atoms with van der Waals surface area (Å²) in [5, 5.41) is 15.9. The van der Waals surface area contributed by atoms with E-state index in [1.165, 1.54) is 5.57 Å². The summed E-state index contributed by atoms with van der Waals surface area (Å²) in [6.45, 7) is 19.6. The van der Waals surface area contributed by atoms with Gasteiger partial charge < -0.3 is 20.5 Å². The topological polar surface area (TPSA) is 148 Å². The Morgan fingerprint density at radius 2 is 1.63 bits per heavy atom. The van der Waals surface area contributed by atoms with Crippen LogP contribution in [0.4, 0.5) is 4.79 Å².